The highest BCUT2D eigenvalue weighted by atomic mass is 16.3. The summed E-state index contributed by atoms with van der Waals surface area (Å²) in [7, 11) is 0. The van der Waals surface area contributed by atoms with Crippen LogP contribution in [0.4, 0.5) is 0 Å². The van der Waals surface area contributed by atoms with Crippen LogP contribution in [0.25, 0.3) is 100 Å². The molecule has 3 nitrogen and oxygen atoms in total. The normalized spacial score (nSPS) is 13.0. The highest BCUT2D eigenvalue weighted by molar-refractivity contribution is 6.09. The van der Waals surface area contributed by atoms with E-state index in [-0.39, 0.29) is 0 Å². The monoisotopic (exact) mass is 788 g/mol. The van der Waals surface area contributed by atoms with Crippen LogP contribution in [0.3, 0.4) is 0 Å². The van der Waals surface area contributed by atoms with Crippen molar-refractivity contribution >= 4 is 21.9 Å². The number of hydrogen-bond donors (Lipinski definition) is 0. The van der Waals surface area contributed by atoms with Crippen LogP contribution in [0, 0.1) is 0 Å². The Morgan fingerprint density at radius 1 is 0.306 bits per heavy atom. The minimum Gasteiger partial charge on any atom is -0.455 e. The molecule has 2 heterocycles. The Morgan fingerprint density at radius 2 is 0.806 bits per heavy atom. The molecule has 3 heteroatoms. The molecule has 0 saturated heterocycles. The van der Waals surface area contributed by atoms with Gasteiger partial charge in [0, 0.05) is 27.5 Å². The van der Waals surface area contributed by atoms with E-state index in [1.165, 1.54) is 55.6 Å². The Labute approximate surface area is 359 Å². The number of furan rings is 1. The number of benzene rings is 9. The van der Waals surface area contributed by atoms with E-state index in [4.69, 9.17) is 14.4 Å². The molecule has 0 amide bonds. The first-order valence-electron chi connectivity index (χ1n) is 21.2. The molecule has 2 aliphatic rings. The number of aromatic nitrogens is 2. The number of para-hydroxylation sites is 2. The molecule has 13 rings (SSSR count). The van der Waals surface area contributed by atoms with Crippen molar-refractivity contribution in [3.8, 4) is 78.4 Å². The molecular weight excluding hydrogens is 753 g/mol. The fourth-order valence-electron chi connectivity index (χ4n) is 10.6. The molecule has 288 valence electrons. The fourth-order valence-corrected chi connectivity index (χ4v) is 10.6. The van der Waals surface area contributed by atoms with Crippen molar-refractivity contribution in [1.29, 1.82) is 0 Å². The van der Waals surface area contributed by atoms with Gasteiger partial charge in [-0.3, -0.25) is 0 Å². The van der Waals surface area contributed by atoms with Gasteiger partial charge in [0.25, 0.3) is 0 Å². The van der Waals surface area contributed by atoms with Crippen LogP contribution in [0.15, 0.2) is 223 Å². The fraction of sp³-hybridized carbons (Fsp3) is 0.0169. The van der Waals surface area contributed by atoms with Crippen molar-refractivity contribution < 1.29 is 4.42 Å². The summed E-state index contributed by atoms with van der Waals surface area (Å²) in [6.07, 6.45) is 0. The summed E-state index contributed by atoms with van der Waals surface area (Å²) in [4.78, 5) is 10.9. The average molecular weight is 789 g/mol. The van der Waals surface area contributed by atoms with Crippen molar-refractivity contribution in [2.75, 3.05) is 0 Å². The van der Waals surface area contributed by atoms with Gasteiger partial charge >= 0.3 is 0 Å². The van der Waals surface area contributed by atoms with Crippen LogP contribution in [0.5, 0.6) is 0 Å². The van der Waals surface area contributed by atoms with E-state index < -0.39 is 5.41 Å². The van der Waals surface area contributed by atoms with Crippen molar-refractivity contribution in [2.24, 2.45) is 0 Å². The third-order valence-electron chi connectivity index (χ3n) is 13.2. The van der Waals surface area contributed by atoms with Crippen molar-refractivity contribution in [2.45, 2.75) is 5.41 Å². The molecule has 9 aromatic carbocycles. The molecule has 0 atom stereocenters. The molecule has 0 fully saturated rings. The zero-order valence-corrected chi connectivity index (χ0v) is 33.6. The van der Waals surface area contributed by atoms with Crippen LogP contribution < -0.4 is 0 Å². The maximum absolute atomic E-state index is 6.63. The number of hydrogen-bond acceptors (Lipinski definition) is 3. The van der Waals surface area contributed by atoms with Crippen molar-refractivity contribution in [1.82, 2.24) is 9.97 Å². The smallest absolute Gasteiger partial charge is 0.161 e. The van der Waals surface area contributed by atoms with Crippen LogP contribution in [-0.2, 0) is 5.41 Å². The predicted molar refractivity (Wildman–Crippen MR) is 253 cm³/mol. The van der Waals surface area contributed by atoms with Crippen molar-refractivity contribution in [3.05, 3.63) is 241 Å². The van der Waals surface area contributed by atoms with Gasteiger partial charge in [0.1, 0.15) is 11.2 Å². The Kier molecular flexibility index (Phi) is 7.52. The second kappa shape index (κ2) is 13.4. The summed E-state index contributed by atoms with van der Waals surface area (Å²) >= 11 is 0. The summed E-state index contributed by atoms with van der Waals surface area (Å²) < 4.78 is 6.63. The Hall–Kier alpha value is -8.14. The van der Waals surface area contributed by atoms with Gasteiger partial charge in [0.05, 0.1) is 16.8 Å². The maximum atomic E-state index is 6.63. The molecule has 0 bridgehead atoms. The molecule has 0 radical (unpaired) electrons. The van der Waals surface area contributed by atoms with Gasteiger partial charge < -0.3 is 4.42 Å². The lowest BCUT2D eigenvalue weighted by Crippen LogP contribution is -2.29. The first-order valence-corrected chi connectivity index (χ1v) is 21.2. The molecule has 0 aliphatic heterocycles. The Bertz CT molecular complexity index is 3550. The van der Waals surface area contributed by atoms with Gasteiger partial charge in [-0.2, -0.15) is 0 Å². The lowest BCUT2D eigenvalue weighted by Gasteiger charge is -2.35. The largest absolute Gasteiger partial charge is 0.455 e. The third-order valence-corrected chi connectivity index (χ3v) is 13.2. The predicted octanol–water partition coefficient (Wildman–Crippen LogP) is 15.1. The molecule has 2 aromatic heterocycles. The molecule has 0 unspecified atom stereocenters. The molecule has 0 saturated carbocycles. The minimum absolute atomic E-state index is 0.551. The van der Waals surface area contributed by atoms with Gasteiger partial charge in [-0.25, -0.2) is 9.97 Å². The van der Waals surface area contributed by atoms with Gasteiger partial charge in [-0.1, -0.05) is 194 Å². The van der Waals surface area contributed by atoms with Crippen LogP contribution >= 0.6 is 0 Å². The van der Waals surface area contributed by atoms with Gasteiger partial charge in [-0.15, -0.1) is 0 Å². The van der Waals surface area contributed by atoms with E-state index in [1.807, 2.05) is 12.1 Å². The average Bonchev–Trinajstić information content (AvgIpc) is 3.85. The molecule has 11 aromatic rings. The zero-order chi connectivity index (χ0) is 40.8. The standard InChI is InChI=1S/C59H36N2O/c1-2-17-37(18-3-1)39-19-4-7-26-47(39)58-60-54(36-55(61-58)48-28-16-27-46-45-25-11-15-32-56(45)62-57(46)48)38-33-34-53-49(35-38)41-21-6-5-20-40(41)42-22-8-12-29-50(42)59(53)51-30-13-9-23-43(51)44-24-10-14-31-52(44)59/h1-36H. The number of rotatable bonds is 4. The van der Waals surface area contributed by atoms with Crippen molar-refractivity contribution in [3.63, 3.8) is 0 Å². The van der Waals surface area contributed by atoms with Crippen LogP contribution in [0.1, 0.15) is 22.3 Å². The van der Waals surface area contributed by atoms with E-state index in [2.05, 4.69) is 206 Å². The van der Waals surface area contributed by atoms with Gasteiger partial charge in [0.2, 0.25) is 0 Å². The van der Waals surface area contributed by atoms with Crippen LogP contribution in [0.2, 0.25) is 0 Å². The second-order valence-corrected chi connectivity index (χ2v) is 16.3. The number of nitrogens with zero attached hydrogens (tertiary/aromatic N) is 2. The lowest BCUT2D eigenvalue weighted by atomic mass is 9.66. The van der Waals surface area contributed by atoms with Crippen LogP contribution in [-0.4, -0.2) is 9.97 Å². The quantitative estimate of drug-likeness (QED) is 0.178. The first kappa shape index (κ1) is 34.7. The van der Waals surface area contributed by atoms with E-state index in [0.29, 0.717) is 5.82 Å². The summed E-state index contributed by atoms with van der Waals surface area (Å²) in [5.74, 6) is 0.655. The molecule has 62 heavy (non-hydrogen) atoms. The van der Waals surface area contributed by atoms with E-state index in [0.717, 1.165) is 61.1 Å². The van der Waals surface area contributed by atoms with E-state index in [9.17, 15) is 0 Å². The Balaban J connectivity index is 1.10. The van der Waals surface area contributed by atoms with Gasteiger partial charge in [0.15, 0.2) is 5.82 Å². The van der Waals surface area contributed by atoms with E-state index in [1.54, 1.807) is 0 Å². The molecule has 1 spiro atoms. The molecule has 2 aliphatic carbocycles. The highest BCUT2D eigenvalue weighted by Gasteiger charge is 2.49. The number of fused-ring (bicyclic) bond motifs is 15. The zero-order valence-electron chi connectivity index (χ0n) is 33.6. The van der Waals surface area contributed by atoms with Gasteiger partial charge in [-0.05, 0) is 91.0 Å². The summed E-state index contributed by atoms with van der Waals surface area (Å²) in [5, 5.41) is 2.15. The Morgan fingerprint density at radius 3 is 1.52 bits per heavy atom. The lowest BCUT2D eigenvalue weighted by molar-refractivity contribution is 0.670. The van der Waals surface area contributed by atoms with E-state index >= 15 is 0 Å². The third kappa shape index (κ3) is 4.94. The maximum Gasteiger partial charge on any atom is 0.161 e. The summed E-state index contributed by atoms with van der Waals surface area (Å²) in [6.45, 7) is 0. The minimum atomic E-state index is -0.551. The SMILES string of the molecule is c1ccc(-c2ccccc2-c2nc(-c3ccc4c(c3)-c3ccccc3-c3ccccc3C43c4ccccc4-c4ccccc43)cc(-c3cccc4c3oc3ccccc34)n2)cc1. The molecular formula is C59H36N2O. The first-order chi connectivity index (χ1) is 30.8. The topological polar surface area (TPSA) is 38.9 Å². The second-order valence-electron chi connectivity index (χ2n) is 16.3. The summed E-state index contributed by atoms with van der Waals surface area (Å²) in [6, 6.07) is 78.7. The highest BCUT2D eigenvalue weighted by Crippen LogP contribution is 2.61. The summed E-state index contributed by atoms with van der Waals surface area (Å²) in [5.41, 5.74) is 20.4. The molecule has 0 N–H and O–H groups in total.